The summed E-state index contributed by atoms with van der Waals surface area (Å²) in [6, 6.07) is 4.62. The van der Waals surface area contributed by atoms with Crippen LogP contribution in [0.5, 0.6) is 0 Å². The summed E-state index contributed by atoms with van der Waals surface area (Å²) >= 11 is 1.17. The van der Waals surface area contributed by atoms with Crippen LogP contribution >= 0.6 is 11.3 Å². The van der Waals surface area contributed by atoms with E-state index in [1.54, 1.807) is 35.2 Å². The number of carbonyl (C=O) groups excluding carboxylic acids is 2. The molecule has 0 N–H and O–H groups in total. The van der Waals surface area contributed by atoms with E-state index < -0.39 is 5.82 Å². The average molecular weight is 510 g/mol. The van der Waals surface area contributed by atoms with Crippen LogP contribution in [-0.4, -0.2) is 53.6 Å². The second-order valence-corrected chi connectivity index (χ2v) is 6.44. The number of hydrogen-bond acceptors (Lipinski definition) is 10. The molecule has 0 aliphatic rings. The van der Waals surface area contributed by atoms with Crippen molar-refractivity contribution < 1.29 is 92.6 Å². The third kappa shape index (κ3) is 8.12. The van der Waals surface area contributed by atoms with Crippen LogP contribution < -0.4 is 69.3 Å². The van der Waals surface area contributed by atoms with Crippen molar-refractivity contribution in [3.63, 3.8) is 0 Å². The maximum Gasteiger partial charge on any atom is 1.00 e. The molecule has 0 spiro atoms. The van der Waals surface area contributed by atoms with Gasteiger partial charge in [0.25, 0.3) is 5.89 Å². The van der Waals surface area contributed by atoms with E-state index in [1.165, 1.54) is 24.5 Å². The zero-order chi connectivity index (χ0) is 24.3. The number of aryl methyl sites for hydroxylation is 1. The number of ketones is 1. The van der Waals surface area contributed by atoms with Crippen LogP contribution in [0.15, 0.2) is 34.3 Å². The number of rotatable bonds is 5. The fraction of sp³-hybridized carbons (Fsp3) is 0.250. The largest absolute Gasteiger partial charge is 1.00 e. The maximum absolute atomic E-state index is 14.2. The summed E-state index contributed by atoms with van der Waals surface area (Å²) in [6.45, 7) is 3.83. The molecule has 1 aromatic carbocycles. The molecule has 14 heteroatoms. The summed E-state index contributed by atoms with van der Waals surface area (Å²) in [6.07, 6.45) is 1.58. The Morgan fingerprint density at radius 1 is 1.21 bits per heavy atom. The van der Waals surface area contributed by atoms with Crippen LogP contribution in [0.4, 0.5) is 4.39 Å². The predicted octanol–water partition coefficient (Wildman–Crippen LogP) is -4.79. The van der Waals surface area contributed by atoms with Gasteiger partial charge in [-0.15, -0.1) is 11.3 Å². The van der Waals surface area contributed by atoms with E-state index in [4.69, 9.17) is 24.3 Å². The van der Waals surface area contributed by atoms with E-state index in [0.717, 1.165) is 14.2 Å². The molecule has 0 fully saturated rings. The Balaban J connectivity index is 0. The number of nitrogens with zero attached hydrogens (tertiary/aromatic N) is 4. The number of para-hydroxylation sites is 1. The molecule has 0 aliphatic heterocycles. The molecule has 0 saturated carbocycles. The van der Waals surface area contributed by atoms with Gasteiger partial charge in [-0.3, -0.25) is 4.79 Å². The van der Waals surface area contributed by atoms with Crippen molar-refractivity contribution in [2.45, 2.75) is 13.7 Å². The minimum absolute atomic E-state index is 0. The van der Waals surface area contributed by atoms with Crippen LogP contribution in [0, 0.1) is 12.7 Å². The van der Waals surface area contributed by atoms with Crippen LogP contribution in [0.1, 0.15) is 21.2 Å². The fourth-order valence-electron chi connectivity index (χ4n) is 2.73. The zero-order valence-electron chi connectivity index (χ0n) is 19.8. The van der Waals surface area contributed by atoms with Crippen molar-refractivity contribution in [3.05, 3.63) is 52.0 Å². The Hall–Kier alpha value is -1.32. The molecule has 172 valence electrons. The van der Waals surface area contributed by atoms with E-state index in [2.05, 4.69) is 15.1 Å². The van der Waals surface area contributed by atoms with Gasteiger partial charge in [0.15, 0.2) is 10.8 Å². The van der Waals surface area contributed by atoms with Gasteiger partial charge < -0.3 is 28.8 Å². The number of fused-ring (bicyclic) bond motifs is 1. The zero-order valence-corrected chi connectivity index (χ0v) is 24.6. The van der Waals surface area contributed by atoms with Crippen molar-refractivity contribution in [1.29, 1.82) is 0 Å². The average Bonchev–Trinajstić information content (AvgIpc) is 3.57. The van der Waals surface area contributed by atoms with E-state index in [1.807, 2.05) is 6.79 Å². The quantitative estimate of drug-likeness (QED) is 0.191. The van der Waals surface area contributed by atoms with E-state index in [9.17, 15) is 9.18 Å². The first kappa shape index (κ1) is 34.8. The summed E-state index contributed by atoms with van der Waals surface area (Å²) in [4.78, 5) is 29.3. The number of carbonyl (C=O) groups is 2. The van der Waals surface area contributed by atoms with E-state index >= 15 is 0 Å². The van der Waals surface area contributed by atoms with Gasteiger partial charge in [0.05, 0.1) is 11.1 Å². The van der Waals surface area contributed by atoms with Crippen LogP contribution in [-0.2, 0) is 16.3 Å². The van der Waals surface area contributed by atoms with Crippen LogP contribution in [0.3, 0.4) is 0 Å². The Bertz CT molecular complexity index is 1150. The summed E-state index contributed by atoms with van der Waals surface area (Å²) in [5.41, 5.74) is 1.12. The van der Waals surface area contributed by atoms with Gasteiger partial charge in [0.2, 0.25) is 5.78 Å². The number of ether oxygens (including phenoxy) is 1. The van der Waals surface area contributed by atoms with Gasteiger partial charge in [-0.25, -0.2) is 9.37 Å². The normalized spacial score (nSPS) is 9.15. The van der Waals surface area contributed by atoms with Crippen molar-refractivity contribution in [2.24, 2.45) is 0 Å². The van der Waals surface area contributed by atoms with Crippen LogP contribution in [0.25, 0.3) is 22.5 Å². The van der Waals surface area contributed by atoms with Gasteiger partial charge in [-0.05, 0) is 13.0 Å². The van der Waals surface area contributed by atoms with E-state index in [-0.39, 0.29) is 82.5 Å². The van der Waals surface area contributed by atoms with Gasteiger partial charge in [-0.2, -0.15) is 19.2 Å². The molecule has 0 amide bonds. The molecule has 0 unspecified atom stereocenters. The molecule has 3 aromatic heterocycles. The minimum atomic E-state index is -0.417. The van der Waals surface area contributed by atoms with Gasteiger partial charge in [-0.1, -0.05) is 17.3 Å². The number of hydrogen-bond donors (Lipinski definition) is 0. The van der Waals surface area contributed by atoms with E-state index in [0.29, 0.717) is 28.0 Å². The first-order valence-electron chi connectivity index (χ1n) is 8.76. The van der Waals surface area contributed by atoms with Crippen LogP contribution in [0.2, 0.25) is 0 Å². The molecular weight excluding hydrogens is 489 g/mol. The number of methoxy groups -OCH3 is 1. The molecule has 0 saturated heterocycles. The maximum atomic E-state index is 14.2. The van der Waals surface area contributed by atoms with Gasteiger partial charge in [0, 0.05) is 24.1 Å². The smallest absolute Gasteiger partial charge is 0.857 e. The Morgan fingerprint density at radius 2 is 1.85 bits per heavy atom. The third-order valence-corrected chi connectivity index (χ3v) is 4.65. The number of thiazole rings is 1. The Kier molecular flexibility index (Phi) is 18.5. The summed E-state index contributed by atoms with van der Waals surface area (Å²) in [7, 11) is 3.01. The molecule has 10 nitrogen and oxygen atoms in total. The molecule has 4 rings (SSSR count). The van der Waals surface area contributed by atoms with Crippen molar-refractivity contribution in [1.82, 2.24) is 19.7 Å². The molecule has 0 atom stereocenters. The summed E-state index contributed by atoms with van der Waals surface area (Å²) < 4.78 is 26.0. The third-order valence-electron chi connectivity index (χ3n) is 3.81. The monoisotopic (exact) mass is 510 g/mol. The molecule has 0 radical (unpaired) electrons. The minimum Gasteiger partial charge on any atom is -0.857 e. The number of aromatic nitrogens is 4. The molecule has 0 aliphatic carbocycles. The standard InChI is InChI=1S/C17H13FN4O3S.2CH3O.CH2O.2Na/c1-9-19-16(25-21-9)13-7-26-17(20-13)15(23)11-6-22(8-24-2)14-10(11)4-3-5-12(14)18;3*1-2;;/h3-7H,8H2,1-2H3;2*1H3;1H2;;/q;2*-1;;2*+1. The SMILES string of the molecule is C=O.COCn1cc(C(=O)c2nc(-c3nc(C)no3)cs2)c2cccc(F)c21.C[O-].C[O-].[Na+].[Na+]. The molecule has 0 bridgehead atoms. The number of benzene rings is 1. The molecule has 4 aromatic rings. The molecule has 3 heterocycles. The number of halogens is 1. The van der Waals surface area contributed by atoms with Crippen molar-refractivity contribution in [3.8, 4) is 11.6 Å². The molecule has 34 heavy (non-hydrogen) atoms. The fourth-order valence-corrected chi connectivity index (χ4v) is 3.47. The van der Waals surface area contributed by atoms with Gasteiger partial charge >= 0.3 is 59.1 Å². The topological polar surface area (TPSA) is 146 Å². The predicted molar refractivity (Wildman–Crippen MR) is 111 cm³/mol. The van der Waals surface area contributed by atoms with Crippen molar-refractivity contribution >= 4 is 34.8 Å². The van der Waals surface area contributed by atoms with Crippen molar-refractivity contribution in [2.75, 3.05) is 21.3 Å². The second-order valence-electron chi connectivity index (χ2n) is 5.58. The van der Waals surface area contributed by atoms with Gasteiger partial charge in [0.1, 0.15) is 25.0 Å². The second kappa shape index (κ2) is 18.0. The molecular formula is C20H21FN4Na2O6S. The Morgan fingerprint density at radius 3 is 2.41 bits per heavy atom. The first-order chi connectivity index (χ1) is 15.6. The first-order valence-corrected chi connectivity index (χ1v) is 9.64. The summed E-state index contributed by atoms with van der Waals surface area (Å²) in [5, 5.41) is 22.7. The Labute approximate surface area is 243 Å². The summed E-state index contributed by atoms with van der Waals surface area (Å²) in [5.74, 6) is 0.0207.